The van der Waals surface area contributed by atoms with Crippen molar-refractivity contribution in [1.82, 2.24) is 9.66 Å². The van der Waals surface area contributed by atoms with Crippen molar-refractivity contribution in [2.75, 3.05) is 6.61 Å². The number of aryl methyl sites for hydroxylation is 1. The zero-order chi connectivity index (χ0) is 26.5. The summed E-state index contributed by atoms with van der Waals surface area (Å²) < 4.78 is 28.3. The highest BCUT2D eigenvalue weighted by atomic mass is 79.9. The maximum atomic E-state index is 14.1. The van der Waals surface area contributed by atoms with Crippen LogP contribution in [0.2, 0.25) is 5.02 Å². The summed E-state index contributed by atoms with van der Waals surface area (Å²) in [5, 5.41) is 5.17. The molecule has 0 spiro atoms. The second-order valence-corrected chi connectivity index (χ2v) is 10.1. The van der Waals surface area contributed by atoms with Crippen LogP contribution < -0.4 is 15.0 Å². The molecule has 0 aliphatic carbocycles. The first kappa shape index (κ1) is 27.3. The van der Waals surface area contributed by atoms with Gasteiger partial charge in [-0.2, -0.15) is 9.78 Å². The predicted octanol–water partition coefficient (Wildman–Crippen LogP) is 7.53. The van der Waals surface area contributed by atoms with E-state index in [4.69, 9.17) is 21.1 Å². The lowest BCUT2D eigenvalue weighted by Gasteiger charge is -2.16. The quantitative estimate of drug-likeness (QED) is 0.176. The van der Waals surface area contributed by atoms with Gasteiger partial charge in [-0.05, 0) is 59.6 Å². The fourth-order valence-corrected chi connectivity index (χ4v) is 4.70. The highest BCUT2D eigenvalue weighted by molar-refractivity contribution is 9.10. The minimum Gasteiger partial charge on any atom is -0.490 e. The lowest BCUT2D eigenvalue weighted by molar-refractivity contribution is 0.266. The summed E-state index contributed by atoms with van der Waals surface area (Å²) in [7, 11) is 0. The lowest BCUT2D eigenvalue weighted by atomic mass is 10.2. The largest absolute Gasteiger partial charge is 0.490 e. The van der Waals surface area contributed by atoms with E-state index in [0.29, 0.717) is 51.1 Å². The highest BCUT2D eigenvalue weighted by Crippen LogP contribution is 2.42. The summed E-state index contributed by atoms with van der Waals surface area (Å²) in [5.41, 5.74) is 1.29. The molecule has 1 heterocycles. The van der Waals surface area contributed by atoms with Gasteiger partial charge in [0.05, 0.1) is 23.7 Å². The molecule has 0 saturated heterocycles. The molecule has 3 aromatic carbocycles. The van der Waals surface area contributed by atoms with E-state index in [1.807, 2.05) is 19.9 Å². The Labute approximate surface area is 235 Å². The summed E-state index contributed by atoms with van der Waals surface area (Å²) in [5.74, 6) is 0.825. The zero-order valence-electron chi connectivity index (χ0n) is 20.1. The van der Waals surface area contributed by atoms with Crippen LogP contribution in [0.25, 0.3) is 10.9 Å². The third kappa shape index (κ3) is 6.05. The van der Waals surface area contributed by atoms with Crippen LogP contribution in [0.3, 0.4) is 0 Å². The van der Waals surface area contributed by atoms with Crippen molar-refractivity contribution in [1.29, 1.82) is 0 Å². The van der Waals surface area contributed by atoms with Crippen LogP contribution in [0.4, 0.5) is 4.39 Å². The van der Waals surface area contributed by atoms with Crippen molar-refractivity contribution in [2.45, 2.75) is 33.3 Å². The van der Waals surface area contributed by atoms with E-state index in [1.54, 1.807) is 36.4 Å². The maximum Gasteiger partial charge on any atom is 0.282 e. The van der Waals surface area contributed by atoms with Crippen LogP contribution in [0.1, 0.15) is 37.2 Å². The Morgan fingerprint density at radius 3 is 2.65 bits per heavy atom. The number of nitrogens with zero attached hydrogens (tertiary/aromatic N) is 3. The molecule has 0 fully saturated rings. The summed E-state index contributed by atoms with van der Waals surface area (Å²) in [4.78, 5) is 18.0. The molecule has 4 rings (SSSR count). The molecule has 0 bridgehead atoms. The number of ether oxygens (including phenoxy) is 2. The molecule has 0 aliphatic heterocycles. The van der Waals surface area contributed by atoms with Crippen LogP contribution in [0.5, 0.6) is 11.5 Å². The van der Waals surface area contributed by atoms with Gasteiger partial charge in [-0.1, -0.05) is 52.7 Å². The van der Waals surface area contributed by atoms with E-state index < -0.39 is 0 Å². The third-order valence-corrected chi connectivity index (χ3v) is 7.38. The molecule has 1 aromatic heterocycles. The van der Waals surface area contributed by atoms with Crippen LogP contribution >= 0.6 is 43.5 Å². The molecule has 0 radical (unpaired) electrons. The van der Waals surface area contributed by atoms with E-state index in [2.05, 4.69) is 41.9 Å². The van der Waals surface area contributed by atoms with Crippen molar-refractivity contribution in [3.63, 3.8) is 0 Å². The van der Waals surface area contributed by atoms with Crippen molar-refractivity contribution in [3.05, 3.63) is 95.6 Å². The Bertz CT molecular complexity index is 1540. The van der Waals surface area contributed by atoms with E-state index in [1.165, 1.54) is 17.0 Å². The molecular formula is C27H23Br2ClFN3O3. The van der Waals surface area contributed by atoms with Gasteiger partial charge in [0, 0.05) is 26.5 Å². The number of benzene rings is 3. The first-order valence-electron chi connectivity index (χ1n) is 11.6. The van der Waals surface area contributed by atoms with Gasteiger partial charge in [0.15, 0.2) is 11.5 Å². The van der Waals surface area contributed by atoms with Crippen molar-refractivity contribution in [2.24, 2.45) is 5.10 Å². The van der Waals surface area contributed by atoms with Gasteiger partial charge in [0.25, 0.3) is 5.56 Å². The van der Waals surface area contributed by atoms with Crippen molar-refractivity contribution >= 4 is 60.6 Å². The van der Waals surface area contributed by atoms with Gasteiger partial charge in [-0.25, -0.2) is 9.37 Å². The second-order valence-electron chi connectivity index (χ2n) is 8.04. The van der Waals surface area contributed by atoms with Crippen LogP contribution in [0.15, 0.2) is 67.4 Å². The van der Waals surface area contributed by atoms with Gasteiger partial charge >= 0.3 is 0 Å². The molecule has 0 aliphatic rings. The van der Waals surface area contributed by atoms with Crippen LogP contribution in [-0.2, 0) is 13.0 Å². The number of aromatic nitrogens is 2. The SMILES string of the molecule is CCCc1nc2ccc(Br)cc2c(=O)n1N=Cc1cc(OCC)c(OCc2ccccc2F)c(Cl)c1Br. The third-order valence-electron chi connectivity index (χ3n) is 5.45. The Kier molecular flexibility index (Phi) is 9.00. The topological polar surface area (TPSA) is 65.7 Å². The summed E-state index contributed by atoms with van der Waals surface area (Å²) >= 11 is 13.6. The Hall–Kier alpha value is -2.75. The first-order valence-corrected chi connectivity index (χ1v) is 13.6. The van der Waals surface area contributed by atoms with Gasteiger partial charge in [-0.15, -0.1) is 0 Å². The van der Waals surface area contributed by atoms with Gasteiger partial charge in [0.2, 0.25) is 0 Å². The van der Waals surface area contributed by atoms with E-state index in [-0.39, 0.29) is 28.8 Å². The average Bonchev–Trinajstić information content (AvgIpc) is 2.88. The van der Waals surface area contributed by atoms with Gasteiger partial charge < -0.3 is 9.47 Å². The van der Waals surface area contributed by atoms with E-state index in [9.17, 15) is 9.18 Å². The second kappa shape index (κ2) is 12.2. The standard InChI is InChI=1S/C27H23Br2ClFN3O3/c1-3-7-23-33-21-11-10-18(28)13-19(21)27(35)34(23)32-14-17-12-22(36-4-2)26(25(30)24(17)29)37-15-16-8-5-6-9-20(16)31/h5-6,8-14H,3-4,7,15H2,1-2H3. The molecule has 0 N–H and O–H groups in total. The summed E-state index contributed by atoms with van der Waals surface area (Å²) in [6.45, 7) is 4.17. The van der Waals surface area contributed by atoms with E-state index >= 15 is 0 Å². The van der Waals surface area contributed by atoms with Crippen LogP contribution in [-0.4, -0.2) is 22.5 Å². The molecule has 0 atom stereocenters. The Morgan fingerprint density at radius 2 is 1.92 bits per heavy atom. The molecule has 192 valence electrons. The Balaban J connectivity index is 1.75. The highest BCUT2D eigenvalue weighted by Gasteiger charge is 2.19. The zero-order valence-corrected chi connectivity index (χ0v) is 24.0. The van der Waals surface area contributed by atoms with Crippen molar-refractivity contribution in [3.8, 4) is 11.5 Å². The number of hydrogen-bond acceptors (Lipinski definition) is 5. The molecule has 0 unspecified atom stereocenters. The smallest absolute Gasteiger partial charge is 0.282 e. The monoisotopic (exact) mass is 649 g/mol. The van der Waals surface area contributed by atoms with Gasteiger partial charge in [-0.3, -0.25) is 4.79 Å². The molecule has 6 nitrogen and oxygen atoms in total. The summed E-state index contributed by atoms with van der Waals surface area (Å²) in [6, 6.07) is 13.4. The first-order chi connectivity index (χ1) is 17.8. The number of halogens is 4. The number of rotatable bonds is 9. The number of hydrogen-bond donors (Lipinski definition) is 0. The molecule has 0 saturated carbocycles. The fraction of sp³-hybridized carbons (Fsp3) is 0.222. The molecule has 37 heavy (non-hydrogen) atoms. The van der Waals surface area contributed by atoms with Gasteiger partial charge in [0.1, 0.15) is 23.3 Å². The molecule has 4 aromatic rings. The predicted molar refractivity (Wildman–Crippen MR) is 152 cm³/mol. The lowest BCUT2D eigenvalue weighted by Crippen LogP contribution is -2.22. The molecule has 0 amide bonds. The minimum absolute atomic E-state index is 0.0273. The normalized spacial score (nSPS) is 11.4. The Morgan fingerprint density at radius 1 is 1.14 bits per heavy atom. The number of fused-ring (bicyclic) bond motifs is 1. The summed E-state index contributed by atoms with van der Waals surface area (Å²) in [6.07, 6.45) is 2.89. The van der Waals surface area contributed by atoms with Crippen LogP contribution in [0, 0.1) is 5.82 Å². The molecule has 10 heteroatoms. The fourth-order valence-electron chi connectivity index (χ4n) is 3.68. The van der Waals surface area contributed by atoms with E-state index in [0.717, 1.165) is 10.9 Å². The molecular weight excluding hydrogens is 629 g/mol. The maximum absolute atomic E-state index is 14.1. The van der Waals surface area contributed by atoms with Crippen molar-refractivity contribution < 1.29 is 13.9 Å². The average molecular weight is 652 g/mol. The minimum atomic E-state index is -0.372.